The Balaban J connectivity index is 1.86. The molecule has 1 fully saturated rings. The second kappa shape index (κ2) is 6.46. The van der Waals surface area contributed by atoms with E-state index in [1.807, 2.05) is 31.2 Å². The number of carbonyl (C=O) groups is 1. The monoisotopic (exact) mass is 316 g/mol. The molecule has 2 aromatic rings. The summed E-state index contributed by atoms with van der Waals surface area (Å²) in [5, 5.41) is 5.35. The van der Waals surface area contributed by atoms with Gasteiger partial charge < -0.3 is 10.6 Å². The van der Waals surface area contributed by atoms with Gasteiger partial charge in [0, 0.05) is 18.5 Å². The number of nitrogens with one attached hydrogen (secondary N) is 2. The van der Waals surface area contributed by atoms with E-state index in [4.69, 9.17) is 0 Å². The summed E-state index contributed by atoms with van der Waals surface area (Å²) in [6.07, 6.45) is -0.917. The Morgan fingerprint density at radius 3 is 2.61 bits per heavy atom. The molecule has 3 nitrogen and oxygen atoms in total. The van der Waals surface area contributed by atoms with E-state index in [1.54, 1.807) is 12.1 Å². The molecule has 0 saturated carbocycles. The molecule has 120 valence electrons. The average molecular weight is 316 g/mol. The second-order valence-corrected chi connectivity index (χ2v) is 5.77. The van der Waals surface area contributed by atoms with Crippen molar-refractivity contribution in [3.05, 3.63) is 53.8 Å². The van der Waals surface area contributed by atoms with Crippen molar-refractivity contribution in [2.45, 2.75) is 25.6 Å². The summed E-state index contributed by atoms with van der Waals surface area (Å²) in [5.74, 6) is -0.893. The predicted molar refractivity (Wildman–Crippen MR) is 86.5 cm³/mol. The van der Waals surface area contributed by atoms with Crippen LogP contribution in [0.1, 0.15) is 12.0 Å². The summed E-state index contributed by atoms with van der Waals surface area (Å²) >= 11 is 0. The number of benzene rings is 2. The molecular weight excluding hydrogens is 298 g/mol. The fourth-order valence-electron chi connectivity index (χ4n) is 2.82. The van der Waals surface area contributed by atoms with Crippen LogP contribution < -0.4 is 10.6 Å². The first kappa shape index (κ1) is 15.6. The van der Waals surface area contributed by atoms with Gasteiger partial charge in [0.15, 0.2) is 5.82 Å². The number of hydrogen-bond donors (Lipinski definition) is 2. The van der Waals surface area contributed by atoms with Gasteiger partial charge in [-0.15, -0.1) is 0 Å². The van der Waals surface area contributed by atoms with Gasteiger partial charge in [-0.3, -0.25) is 4.79 Å². The van der Waals surface area contributed by atoms with Gasteiger partial charge >= 0.3 is 0 Å². The first-order valence-corrected chi connectivity index (χ1v) is 7.59. The summed E-state index contributed by atoms with van der Waals surface area (Å²) in [6, 6.07) is 11.7. The summed E-state index contributed by atoms with van der Waals surface area (Å²) in [6.45, 7) is 2.06. The van der Waals surface area contributed by atoms with E-state index in [2.05, 4.69) is 10.6 Å². The fraction of sp³-hybridized carbons (Fsp3) is 0.278. The molecule has 1 amide bonds. The van der Waals surface area contributed by atoms with Gasteiger partial charge in [-0.1, -0.05) is 36.4 Å². The van der Waals surface area contributed by atoms with Crippen LogP contribution in [0.4, 0.5) is 14.5 Å². The van der Waals surface area contributed by atoms with Crippen LogP contribution in [-0.2, 0) is 4.79 Å². The number of halogens is 2. The van der Waals surface area contributed by atoms with Gasteiger partial charge in [0.1, 0.15) is 6.17 Å². The molecular formula is C18H18F2N2O. The first-order chi connectivity index (χ1) is 11.1. The fourth-order valence-corrected chi connectivity index (χ4v) is 2.82. The molecule has 0 bridgehead atoms. The topological polar surface area (TPSA) is 41.1 Å². The van der Waals surface area contributed by atoms with Gasteiger partial charge in [0.2, 0.25) is 5.91 Å². The zero-order valence-corrected chi connectivity index (χ0v) is 12.8. The van der Waals surface area contributed by atoms with E-state index in [-0.39, 0.29) is 18.7 Å². The minimum absolute atomic E-state index is 0.111. The van der Waals surface area contributed by atoms with Crippen molar-refractivity contribution in [3.8, 4) is 11.1 Å². The number of aryl methyl sites for hydroxylation is 1. The molecule has 0 unspecified atom stereocenters. The maximum Gasteiger partial charge on any atom is 0.241 e. The Labute approximate surface area is 133 Å². The molecule has 1 aliphatic heterocycles. The van der Waals surface area contributed by atoms with Crippen LogP contribution in [0.2, 0.25) is 0 Å². The van der Waals surface area contributed by atoms with Gasteiger partial charge in [0.05, 0.1) is 11.7 Å². The van der Waals surface area contributed by atoms with Crippen molar-refractivity contribution in [2.24, 2.45) is 0 Å². The van der Waals surface area contributed by atoms with E-state index >= 15 is 0 Å². The molecule has 1 aliphatic rings. The molecule has 2 atom stereocenters. The lowest BCUT2D eigenvalue weighted by Gasteiger charge is -2.14. The van der Waals surface area contributed by atoms with E-state index in [9.17, 15) is 13.6 Å². The van der Waals surface area contributed by atoms with Crippen LogP contribution in [0.3, 0.4) is 0 Å². The molecule has 0 spiro atoms. The third-order valence-corrected chi connectivity index (χ3v) is 4.09. The molecule has 2 N–H and O–H groups in total. The third kappa shape index (κ3) is 3.24. The summed E-state index contributed by atoms with van der Waals surface area (Å²) < 4.78 is 27.9. The van der Waals surface area contributed by atoms with Crippen molar-refractivity contribution in [1.82, 2.24) is 5.32 Å². The standard InChI is InChI=1S/C18H18F2N2O/c1-11-5-2-3-6-13(11)14-7-4-8-15(17(14)20)22-18(23)16-9-12(19)10-21-16/h2-8,12,16,21H,9-10H2,1H3,(H,22,23)/t12-,16+/m1/s1. The molecule has 0 aliphatic carbocycles. The number of amides is 1. The van der Waals surface area contributed by atoms with Gasteiger partial charge in [-0.05, 0) is 24.1 Å². The van der Waals surface area contributed by atoms with Gasteiger partial charge in [0.25, 0.3) is 0 Å². The van der Waals surface area contributed by atoms with E-state index in [0.717, 1.165) is 11.1 Å². The van der Waals surface area contributed by atoms with Crippen molar-refractivity contribution in [2.75, 3.05) is 11.9 Å². The van der Waals surface area contributed by atoms with Crippen LogP contribution >= 0.6 is 0 Å². The summed E-state index contributed by atoms with van der Waals surface area (Å²) in [4.78, 5) is 12.1. The van der Waals surface area contributed by atoms with Crippen LogP contribution in [-0.4, -0.2) is 24.7 Å². The van der Waals surface area contributed by atoms with Gasteiger partial charge in [-0.2, -0.15) is 0 Å². The van der Waals surface area contributed by atoms with Crippen LogP contribution in [0.15, 0.2) is 42.5 Å². The maximum absolute atomic E-state index is 14.8. The highest BCUT2D eigenvalue weighted by atomic mass is 19.1. The van der Waals surface area contributed by atoms with E-state index in [0.29, 0.717) is 5.56 Å². The van der Waals surface area contributed by atoms with Crippen molar-refractivity contribution in [1.29, 1.82) is 0 Å². The lowest BCUT2D eigenvalue weighted by atomic mass is 9.99. The highest BCUT2D eigenvalue weighted by Gasteiger charge is 2.29. The zero-order valence-electron chi connectivity index (χ0n) is 12.8. The normalized spacial score (nSPS) is 20.5. The van der Waals surface area contributed by atoms with E-state index in [1.165, 1.54) is 6.07 Å². The summed E-state index contributed by atoms with van der Waals surface area (Å²) in [5.41, 5.74) is 2.28. The molecule has 2 aromatic carbocycles. The number of alkyl halides is 1. The maximum atomic E-state index is 14.8. The average Bonchev–Trinajstić information content (AvgIpc) is 2.97. The lowest BCUT2D eigenvalue weighted by molar-refractivity contribution is -0.117. The molecule has 5 heteroatoms. The van der Waals surface area contributed by atoms with Crippen molar-refractivity contribution in [3.63, 3.8) is 0 Å². The second-order valence-electron chi connectivity index (χ2n) is 5.77. The first-order valence-electron chi connectivity index (χ1n) is 7.59. The Morgan fingerprint density at radius 2 is 1.91 bits per heavy atom. The minimum Gasteiger partial charge on any atom is -0.322 e. The Hall–Kier alpha value is -2.27. The Bertz CT molecular complexity index is 733. The predicted octanol–water partition coefficient (Wildman–Crippen LogP) is 3.44. The Kier molecular flexibility index (Phi) is 4.39. The zero-order chi connectivity index (χ0) is 16.4. The number of rotatable bonds is 3. The van der Waals surface area contributed by atoms with Crippen LogP contribution in [0.5, 0.6) is 0 Å². The molecule has 3 rings (SSSR count). The van der Waals surface area contributed by atoms with Crippen LogP contribution in [0, 0.1) is 12.7 Å². The molecule has 1 heterocycles. The Morgan fingerprint density at radius 1 is 1.17 bits per heavy atom. The number of hydrogen-bond acceptors (Lipinski definition) is 2. The van der Waals surface area contributed by atoms with Gasteiger partial charge in [-0.25, -0.2) is 8.78 Å². The quantitative estimate of drug-likeness (QED) is 0.911. The van der Waals surface area contributed by atoms with Crippen molar-refractivity contribution >= 4 is 11.6 Å². The molecule has 1 saturated heterocycles. The number of anilines is 1. The minimum atomic E-state index is -1.03. The third-order valence-electron chi connectivity index (χ3n) is 4.09. The lowest BCUT2D eigenvalue weighted by Crippen LogP contribution is -2.35. The molecule has 23 heavy (non-hydrogen) atoms. The van der Waals surface area contributed by atoms with E-state index < -0.39 is 23.9 Å². The largest absolute Gasteiger partial charge is 0.322 e. The highest BCUT2D eigenvalue weighted by Crippen LogP contribution is 2.30. The smallest absolute Gasteiger partial charge is 0.241 e. The summed E-state index contributed by atoms with van der Waals surface area (Å²) in [7, 11) is 0. The molecule has 0 radical (unpaired) electrons. The highest BCUT2D eigenvalue weighted by molar-refractivity contribution is 5.96. The molecule has 0 aromatic heterocycles. The number of carbonyl (C=O) groups excluding carboxylic acids is 1. The van der Waals surface area contributed by atoms with Crippen LogP contribution in [0.25, 0.3) is 11.1 Å². The SMILES string of the molecule is Cc1ccccc1-c1cccc(NC(=O)[C@@H]2C[C@@H](F)CN2)c1F. The van der Waals surface area contributed by atoms with Crippen molar-refractivity contribution < 1.29 is 13.6 Å².